The average Bonchev–Trinajstić information content (AvgIpc) is 2.82. The summed E-state index contributed by atoms with van der Waals surface area (Å²) < 4.78 is 39.7. The number of aromatic amines is 1. The highest BCUT2D eigenvalue weighted by Gasteiger charge is 2.30. The Labute approximate surface area is 107 Å². The van der Waals surface area contributed by atoms with Gasteiger partial charge in [-0.1, -0.05) is 12.1 Å². The smallest absolute Gasteiger partial charge is 0.406 e. The molecule has 2 aromatic rings. The molecule has 0 aliphatic carbocycles. The average molecular weight is 271 g/mol. The molecule has 0 amide bonds. The molecule has 2 N–H and O–H groups in total. The van der Waals surface area contributed by atoms with Crippen molar-refractivity contribution in [2.45, 2.75) is 19.5 Å². The molecule has 0 atom stereocenters. The molecule has 0 radical (unpaired) electrons. The third-order valence-electron chi connectivity index (χ3n) is 2.36. The molecular formula is C12H12F3N3O. The summed E-state index contributed by atoms with van der Waals surface area (Å²) in [5, 5.41) is 3.14. The number of ether oxygens (including phenoxy) is 1. The van der Waals surface area contributed by atoms with Crippen LogP contribution in [0.25, 0.3) is 0 Å². The van der Waals surface area contributed by atoms with Crippen molar-refractivity contribution < 1.29 is 17.9 Å². The van der Waals surface area contributed by atoms with Gasteiger partial charge >= 0.3 is 6.36 Å². The highest BCUT2D eigenvalue weighted by molar-refractivity contribution is 5.27. The van der Waals surface area contributed by atoms with Crippen LogP contribution < -0.4 is 10.1 Å². The first kappa shape index (κ1) is 13.4. The summed E-state index contributed by atoms with van der Waals surface area (Å²) in [6.07, 6.45) is -1.37. The topological polar surface area (TPSA) is 49.9 Å². The zero-order valence-electron chi connectivity index (χ0n) is 9.87. The molecule has 0 fully saturated rings. The molecule has 1 aromatic heterocycles. The van der Waals surface area contributed by atoms with E-state index in [-0.39, 0.29) is 5.75 Å². The Morgan fingerprint density at radius 2 is 1.89 bits per heavy atom. The number of rotatable bonds is 5. The second-order valence-corrected chi connectivity index (χ2v) is 3.87. The number of imidazole rings is 1. The van der Waals surface area contributed by atoms with E-state index in [4.69, 9.17) is 0 Å². The number of H-pyrrole nitrogens is 1. The molecule has 1 heterocycles. The summed E-state index contributed by atoms with van der Waals surface area (Å²) in [5.74, 6) is -0.218. The molecule has 4 nitrogen and oxygen atoms in total. The van der Waals surface area contributed by atoms with E-state index >= 15 is 0 Å². The number of hydrogen-bond acceptors (Lipinski definition) is 3. The van der Waals surface area contributed by atoms with Gasteiger partial charge in [0.25, 0.3) is 0 Å². The van der Waals surface area contributed by atoms with Crippen LogP contribution >= 0.6 is 0 Å². The Kier molecular flexibility index (Phi) is 4.06. The molecule has 0 aliphatic rings. The van der Waals surface area contributed by atoms with Crippen molar-refractivity contribution in [3.05, 3.63) is 48.0 Å². The maximum Gasteiger partial charge on any atom is 0.573 e. The Hall–Kier alpha value is -2.02. The zero-order chi connectivity index (χ0) is 13.7. The second-order valence-electron chi connectivity index (χ2n) is 3.87. The molecule has 0 aliphatic heterocycles. The Morgan fingerprint density at radius 1 is 1.16 bits per heavy atom. The van der Waals surface area contributed by atoms with Crippen LogP contribution in [0.1, 0.15) is 11.3 Å². The van der Waals surface area contributed by atoms with Crippen LogP contribution in [0.5, 0.6) is 5.75 Å². The van der Waals surface area contributed by atoms with Crippen molar-refractivity contribution in [2.75, 3.05) is 0 Å². The first-order valence-electron chi connectivity index (χ1n) is 5.55. The van der Waals surface area contributed by atoms with Crippen LogP contribution in [0, 0.1) is 0 Å². The van der Waals surface area contributed by atoms with Crippen molar-refractivity contribution in [3.63, 3.8) is 0 Å². The lowest BCUT2D eigenvalue weighted by Gasteiger charge is -2.09. The van der Waals surface area contributed by atoms with Crippen LogP contribution in [0.4, 0.5) is 13.2 Å². The molecule has 0 saturated heterocycles. The fourth-order valence-electron chi connectivity index (χ4n) is 1.53. The third-order valence-corrected chi connectivity index (χ3v) is 2.36. The largest absolute Gasteiger partial charge is 0.573 e. The number of alkyl halides is 3. The lowest BCUT2D eigenvalue weighted by molar-refractivity contribution is -0.274. The summed E-state index contributed by atoms with van der Waals surface area (Å²) >= 11 is 0. The van der Waals surface area contributed by atoms with Gasteiger partial charge in [-0.25, -0.2) is 4.98 Å². The molecule has 1 aromatic carbocycles. The van der Waals surface area contributed by atoms with E-state index in [0.717, 1.165) is 11.3 Å². The standard InChI is InChI=1S/C12H12F3N3O/c13-12(14,15)19-11-3-1-9(2-4-11)5-16-6-10-7-17-8-18-10/h1-4,7-8,16H,5-6H2,(H,17,18). The minimum absolute atomic E-state index is 0.218. The number of nitrogens with zero attached hydrogens (tertiary/aromatic N) is 1. The molecule has 19 heavy (non-hydrogen) atoms. The van der Waals surface area contributed by atoms with Gasteiger partial charge in [-0.2, -0.15) is 0 Å². The SMILES string of the molecule is FC(F)(F)Oc1ccc(CNCc2cnc[nH]2)cc1. The molecule has 7 heteroatoms. The molecule has 102 valence electrons. The Balaban J connectivity index is 1.81. The van der Waals surface area contributed by atoms with Gasteiger partial charge < -0.3 is 15.0 Å². The predicted octanol–water partition coefficient (Wildman–Crippen LogP) is 2.60. The van der Waals surface area contributed by atoms with Crippen LogP contribution in [-0.4, -0.2) is 16.3 Å². The van der Waals surface area contributed by atoms with E-state index in [1.807, 2.05) is 0 Å². The van der Waals surface area contributed by atoms with Gasteiger partial charge in [0, 0.05) is 25.0 Å². The van der Waals surface area contributed by atoms with Gasteiger partial charge in [0.2, 0.25) is 0 Å². The molecular weight excluding hydrogens is 259 g/mol. The van der Waals surface area contributed by atoms with E-state index in [2.05, 4.69) is 20.0 Å². The van der Waals surface area contributed by atoms with Crippen molar-refractivity contribution >= 4 is 0 Å². The van der Waals surface area contributed by atoms with E-state index in [1.165, 1.54) is 12.1 Å². The summed E-state index contributed by atoms with van der Waals surface area (Å²) in [6, 6.07) is 5.75. The van der Waals surface area contributed by atoms with Crippen molar-refractivity contribution in [3.8, 4) is 5.75 Å². The zero-order valence-corrected chi connectivity index (χ0v) is 9.87. The monoisotopic (exact) mass is 271 g/mol. The van der Waals surface area contributed by atoms with Crippen molar-refractivity contribution in [2.24, 2.45) is 0 Å². The normalized spacial score (nSPS) is 11.5. The molecule has 2 rings (SSSR count). The van der Waals surface area contributed by atoms with Gasteiger partial charge in [-0.3, -0.25) is 0 Å². The first-order valence-corrected chi connectivity index (χ1v) is 5.55. The van der Waals surface area contributed by atoms with Gasteiger partial charge in [0.15, 0.2) is 0 Å². The van der Waals surface area contributed by atoms with Crippen molar-refractivity contribution in [1.82, 2.24) is 15.3 Å². The molecule has 0 saturated carbocycles. The second kappa shape index (κ2) is 5.75. The first-order chi connectivity index (χ1) is 9.03. The molecule has 0 unspecified atom stereocenters. The Morgan fingerprint density at radius 3 is 2.47 bits per heavy atom. The summed E-state index contributed by atoms with van der Waals surface area (Å²) in [5.41, 5.74) is 1.81. The lowest BCUT2D eigenvalue weighted by atomic mass is 10.2. The molecule has 0 bridgehead atoms. The maximum absolute atomic E-state index is 12.0. The fraction of sp³-hybridized carbons (Fsp3) is 0.250. The Bertz CT molecular complexity index is 494. The summed E-state index contributed by atoms with van der Waals surface area (Å²) in [7, 11) is 0. The number of benzene rings is 1. The predicted molar refractivity (Wildman–Crippen MR) is 62.3 cm³/mol. The van der Waals surface area contributed by atoms with Gasteiger partial charge in [0.1, 0.15) is 5.75 Å². The van der Waals surface area contributed by atoms with E-state index in [0.29, 0.717) is 13.1 Å². The van der Waals surface area contributed by atoms with Crippen LogP contribution in [0.15, 0.2) is 36.8 Å². The van der Waals surface area contributed by atoms with Gasteiger partial charge in [0.05, 0.1) is 6.33 Å². The number of hydrogen-bond donors (Lipinski definition) is 2. The highest BCUT2D eigenvalue weighted by Crippen LogP contribution is 2.22. The summed E-state index contributed by atoms with van der Waals surface area (Å²) in [4.78, 5) is 6.81. The number of nitrogens with one attached hydrogen (secondary N) is 2. The number of aromatic nitrogens is 2. The molecule has 0 spiro atoms. The van der Waals surface area contributed by atoms with Crippen LogP contribution in [-0.2, 0) is 13.1 Å². The van der Waals surface area contributed by atoms with Gasteiger partial charge in [-0.05, 0) is 17.7 Å². The van der Waals surface area contributed by atoms with E-state index in [9.17, 15) is 13.2 Å². The number of halogens is 3. The van der Waals surface area contributed by atoms with E-state index < -0.39 is 6.36 Å². The fourth-order valence-corrected chi connectivity index (χ4v) is 1.53. The highest BCUT2D eigenvalue weighted by atomic mass is 19.4. The maximum atomic E-state index is 12.0. The third kappa shape index (κ3) is 4.63. The van der Waals surface area contributed by atoms with Gasteiger partial charge in [-0.15, -0.1) is 13.2 Å². The minimum atomic E-state index is -4.65. The van der Waals surface area contributed by atoms with Crippen LogP contribution in [0.3, 0.4) is 0 Å². The summed E-state index contributed by atoms with van der Waals surface area (Å²) in [6.45, 7) is 1.16. The minimum Gasteiger partial charge on any atom is -0.406 e. The van der Waals surface area contributed by atoms with Crippen molar-refractivity contribution in [1.29, 1.82) is 0 Å². The quantitative estimate of drug-likeness (QED) is 0.878. The lowest BCUT2D eigenvalue weighted by Crippen LogP contribution is -2.17. The van der Waals surface area contributed by atoms with E-state index in [1.54, 1.807) is 24.7 Å². The van der Waals surface area contributed by atoms with Crippen LogP contribution in [0.2, 0.25) is 0 Å².